The Morgan fingerprint density at radius 1 is 1.24 bits per heavy atom. The Hall–Kier alpha value is -2.20. The number of benzene rings is 2. The van der Waals surface area contributed by atoms with E-state index in [4.69, 9.17) is 11.6 Å². The molecule has 3 rings (SSSR count). The second-order valence-corrected chi connectivity index (χ2v) is 5.59. The molecule has 0 saturated carbocycles. The molecule has 0 saturated heterocycles. The van der Waals surface area contributed by atoms with Gasteiger partial charge < -0.3 is 0 Å². The van der Waals surface area contributed by atoms with E-state index < -0.39 is 4.92 Å². The zero-order valence-corrected chi connectivity index (χ0v) is 11.8. The average molecular weight is 302 g/mol. The third-order valence-electron chi connectivity index (χ3n) is 3.82. The summed E-state index contributed by atoms with van der Waals surface area (Å²) in [5.74, 6) is -0.195. The van der Waals surface area contributed by atoms with Crippen LogP contribution in [0, 0.1) is 16.0 Å². The normalized spacial score (nSPS) is 16.8. The Labute approximate surface area is 126 Å². The van der Waals surface area contributed by atoms with Crippen molar-refractivity contribution in [3.8, 4) is 0 Å². The van der Waals surface area contributed by atoms with E-state index in [2.05, 4.69) is 0 Å². The third-order valence-corrected chi connectivity index (χ3v) is 4.06. The number of hydrogen-bond acceptors (Lipinski definition) is 3. The number of rotatable bonds is 3. The van der Waals surface area contributed by atoms with Gasteiger partial charge in [0.1, 0.15) is 0 Å². The second-order valence-electron chi connectivity index (χ2n) is 5.16. The van der Waals surface area contributed by atoms with Crippen LogP contribution in [0.3, 0.4) is 0 Å². The van der Waals surface area contributed by atoms with Crippen LogP contribution in [0.4, 0.5) is 5.69 Å². The van der Waals surface area contributed by atoms with Gasteiger partial charge >= 0.3 is 0 Å². The average Bonchev–Trinajstić information content (AvgIpc) is 2.76. The van der Waals surface area contributed by atoms with Crippen LogP contribution in [0.5, 0.6) is 0 Å². The first-order valence-electron chi connectivity index (χ1n) is 6.61. The predicted molar refractivity (Wildman–Crippen MR) is 79.8 cm³/mol. The molecule has 1 aliphatic rings. The lowest BCUT2D eigenvalue weighted by Gasteiger charge is -2.09. The maximum Gasteiger partial charge on any atom is 0.272 e. The first-order valence-corrected chi connectivity index (χ1v) is 6.99. The molecule has 0 aliphatic heterocycles. The van der Waals surface area contributed by atoms with E-state index >= 15 is 0 Å². The molecular formula is C16H12ClNO3. The van der Waals surface area contributed by atoms with E-state index in [1.807, 2.05) is 24.3 Å². The molecule has 1 unspecified atom stereocenters. The van der Waals surface area contributed by atoms with Crippen molar-refractivity contribution in [3.63, 3.8) is 0 Å². The summed E-state index contributed by atoms with van der Waals surface area (Å²) in [7, 11) is 0. The summed E-state index contributed by atoms with van der Waals surface area (Å²) in [5, 5.41) is 11.5. The first-order chi connectivity index (χ1) is 10.1. The van der Waals surface area contributed by atoms with E-state index in [-0.39, 0.29) is 17.4 Å². The van der Waals surface area contributed by atoms with E-state index in [1.54, 1.807) is 6.07 Å². The van der Waals surface area contributed by atoms with Gasteiger partial charge in [-0.3, -0.25) is 14.9 Å². The molecule has 4 nitrogen and oxygen atoms in total. The highest BCUT2D eigenvalue weighted by molar-refractivity contribution is 6.30. The monoisotopic (exact) mass is 301 g/mol. The third kappa shape index (κ3) is 2.54. The molecule has 2 aromatic carbocycles. The van der Waals surface area contributed by atoms with Gasteiger partial charge in [-0.1, -0.05) is 35.9 Å². The Bertz CT molecular complexity index is 742. The number of hydrogen-bond donors (Lipinski definition) is 0. The molecule has 0 N–H and O–H groups in total. The van der Waals surface area contributed by atoms with E-state index in [1.165, 1.54) is 12.1 Å². The zero-order valence-electron chi connectivity index (χ0n) is 11.1. The lowest BCUT2D eigenvalue weighted by molar-refractivity contribution is -0.385. The fourth-order valence-electron chi connectivity index (χ4n) is 2.84. The number of nitrogens with zero attached hydrogens (tertiary/aromatic N) is 1. The molecule has 0 aromatic heterocycles. The van der Waals surface area contributed by atoms with Crippen LogP contribution < -0.4 is 0 Å². The van der Waals surface area contributed by atoms with Gasteiger partial charge in [0.2, 0.25) is 0 Å². The summed E-state index contributed by atoms with van der Waals surface area (Å²) < 4.78 is 0. The lowest BCUT2D eigenvalue weighted by atomic mass is 9.95. The first kappa shape index (κ1) is 13.8. The molecule has 106 valence electrons. The number of ketones is 1. The quantitative estimate of drug-likeness (QED) is 0.639. The van der Waals surface area contributed by atoms with Crippen molar-refractivity contribution in [3.05, 3.63) is 74.3 Å². The van der Waals surface area contributed by atoms with Crippen molar-refractivity contribution in [2.45, 2.75) is 12.8 Å². The van der Waals surface area contributed by atoms with Crippen molar-refractivity contribution in [2.24, 2.45) is 5.92 Å². The van der Waals surface area contributed by atoms with Crippen molar-refractivity contribution < 1.29 is 9.72 Å². The summed E-state index contributed by atoms with van der Waals surface area (Å²) in [6.45, 7) is 0. The van der Waals surface area contributed by atoms with Crippen LogP contribution in [0.2, 0.25) is 5.02 Å². The van der Waals surface area contributed by atoms with Crippen LogP contribution in [-0.2, 0) is 12.8 Å². The second kappa shape index (κ2) is 5.30. The van der Waals surface area contributed by atoms with Crippen molar-refractivity contribution >= 4 is 23.1 Å². The highest BCUT2D eigenvalue weighted by Crippen LogP contribution is 2.32. The molecule has 5 heteroatoms. The van der Waals surface area contributed by atoms with Crippen molar-refractivity contribution in [1.29, 1.82) is 0 Å². The molecular weight excluding hydrogens is 290 g/mol. The van der Waals surface area contributed by atoms with Crippen LogP contribution in [0.1, 0.15) is 21.5 Å². The minimum absolute atomic E-state index is 0.0168. The van der Waals surface area contributed by atoms with Gasteiger partial charge in [-0.15, -0.1) is 0 Å². The summed E-state index contributed by atoms with van der Waals surface area (Å²) in [6, 6.07) is 11.9. The fourth-order valence-corrected chi connectivity index (χ4v) is 3.04. The Morgan fingerprint density at radius 3 is 2.71 bits per heavy atom. The molecule has 2 aromatic rings. The maximum atomic E-state index is 12.4. The van der Waals surface area contributed by atoms with Gasteiger partial charge in [0, 0.05) is 28.1 Å². The topological polar surface area (TPSA) is 60.2 Å². The van der Waals surface area contributed by atoms with Gasteiger partial charge in [0.05, 0.1) is 4.92 Å². The molecule has 0 spiro atoms. The molecule has 0 radical (unpaired) electrons. The molecule has 0 amide bonds. The van der Waals surface area contributed by atoms with Crippen LogP contribution in [0.15, 0.2) is 42.5 Å². The number of Topliss-reactive ketones (excluding diaryl/α,β-unsaturated/α-hetero) is 1. The number of carbonyl (C=O) groups is 1. The van der Waals surface area contributed by atoms with Crippen LogP contribution in [-0.4, -0.2) is 10.7 Å². The van der Waals surface area contributed by atoms with Crippen molar-refractivity contribution in [1.82, 2.24) is 0 Å². The highest BCUT2D eigenvalue weighted by Gasteiger charge is 2.31. The standard InChI is InChI=1S/C16H12ClNO3/c17-13-5-6-15(18(20)21)11(9-13)8-12-7-10-3-1-2-4-14(10)16(12)19/h1-6,9,12H,7-8H2. The molecule has 1 aliphatic carbocycles. The Morgan fingerprint density at radius 2 is 2.00 bits per heavy atom. The van der Waals surface area contributed by atoms with Gasteiger partial charge in [0.25, 0.3) is 5.69 Å². The van der Waals surface area contributed by atoms with E-state index in [0.29, 0.717) is 23.4 Å². The molecule has 1 atom stereocenters. The number of halogens is 1. The largest absolute Gasteiger partial charge is 0.294 e. The van der Waals surface area contributed by atoms with Gasteiger partial charge in [-0.2, -0.15) is 0 Å². The Balaban J connectivity index is 1.91. The van der Waals surface area contributed by atoms with Gasteiger partial charge in [-0.05, 0) is 30.5 Å². The van der Waals surface area contributed by atoms with Crippen LogP contribution >= 0.6 is 11.6 Å². The van der Waals surface area contributed by atoms with E-state index in [0.717, 1.165) is 11.1 Å². The molecule has 0 bridgehead atoms. The van der Waals surface area contributed by atoms with Crippen molar-refractivity contribution in [2.75, 3.05) is 0 Å². The number of fused-ring (bicyclic) bond motifs is 1. The summed E-state index contributed by atoms with van der Waals surface area (Å²) in [6.07, 6.45) is 0.961. The zero-order chi connectivity index (χ0) is 15.0. The smallest absolute Gasteiger partial charge is 0.272 e. The van der Waals surface area contributed by atoms with Crippen LogP contribution in [0.25, 0.3) is 0 Å². The number of carbonyl (C=O) groups excluding carboxylic acids is 1. The minimum Gasteiger partial charge on any atom is -0.294 e. The summed E-state index contributed by atoms with van der Waals surface area (Å²) in [5.41, 5.74) is 2.27. The number of nitro groups is 1. The van der Waals surface area contributed by atoms with Gasteiger partial charge in [0.15, 0.2) is 5.78 Å². The fraction of sp³-hybridized carbons (Fsp3) is 0.188. The minimum atomic E-state index is -0.432. The molecule has 0 fully saturated rings. The summed E-state index contributed by atoms with van der Waals surface area (Å²) in [4.78, 5) is 23.0. The van der Waals surface area contributed by atoms with E-state index in [9.17, 15) is 14.9 Å². The molecule has 21 heavy (non-hydrogen) atoms. The number of nitro benzene ring substituents is 1. The van der Waals surface area contributed by atoms with Gasteiger partial charge in [-0.25, -0.2) is 0 Å². The maximum absolute atomic E-state index is 12.4. The highest BCUT2D eigenvalue weighted by atomic mass is 35.5. The lowest BCUT2D eigenvalue weighted by Crippen LogP contribution is -2.13. The summed E-state index contributed by atoms with van der Waals surface area (Å²) >= 11 is 5.92. The Kier molecular flexibility index (Phi) is 3.47. The SMILES string of the molecule is O=C1c2ccccc2CC1Cc1cc(Cl)ccc1[N+](=O)[O-]. The predicted octanol–water partition coefficient (Wildman–Crippen LogP) is 3.85. The molecule has 0 heterocycles.